The molecular formula is C32H37F3N6O2. The highest BCUT2D eigenvalue weighted by Gasteiger charge is 2.35. The Bertz CT molecular complexity index is 1460. The fraction of sp³-hybridized carbons (Fsp3) is 0.375. The van der Waals surface area contributed by atoms with Crippen LogP contribution in [0.15, 0.2) is 61.2 Å². The summed E-state index contributed by atoms with van der Waals surface area (Å²) in [4.78, 5) is 22.9. The van der Waals surface area contributed by atoms with Crippen molar-refractivity contribution in [3.63, 3.8) is 0 Å². The maximum absolute atomic E-state index is 14.3. The first-order valence-corrected chi connectivity index (χ1v) is 14.5. The van der Waals surface area contributed by atoms with Crippen molar-refractivity contribution >= 4 is 34.5 Å². The summed E-state index contributed by atoms with van der Waals surface area (Å²) in [5.74, 6) is 0.568. The zero-order chi connectivity index (χ0) is 30.6. The van der Waals surface area contributed by atoms with Crippen LogP contribution in [0.3, 0.4) is 0 Å². The van der Waals surface area contributed by atoms with E-state index in [0.29, 0.717) is 30.2 Å². The number of nitrogens with zero attached hydrogens (tertiary/aromatic N) is 4. The third-order valence-electron chi connectivity index (χ3n) is 7.84. The van der Waals surface area contributed by atoms with Crippen LogP contribution in [0, 0.1) is 6.92 Å². The lowest BCUT2D eigenvalue weighted by molar-refractivity contribution is -0.136. The van der Waals surface area contributed by atoms with Crippen LogP contribution in [0.5, 0.6) is 11.6 Å². The molecule has 2 aliphatic heterocycles. The van der Waals surface area contributed by atoms with E-state index in [-0.39, 0.29) is 23.3 Å². The number of benzene rings is 2. The zero-order valence-electron chi connectivity index (χ0n) is 24.5. The van der Waals surface area contributed by atoms with Gasteiger partial charge in [-0.05, 0) is 81.3 Å². The van der Waals surface area contributed by atoms with Crippen molar-refractivity contribution in [2.75, 3.05) is 66.7 Å². The van der Waals surface area contributed by atoms with Crippen LogP contribution in [-0.2, 0) is 11.0 Å². The third kappa shape index (κ3) is 7.40. The van der Waals surface area contributed by atoms with E-state index in [2.05, 4.69) is 32.0 Å². The molecule has 3 aromatic rings. The molecule has 11 heteroatoms. The van der Waals surface area contributed by atoms with E-state index >= 15 is 0 Å². The summed E-state index contributed by atoms with van der Waals surface area (Å²) < 4.78 is 49.1. The second-order valence-corrected chi connectivity index (χ2v) is 11.0. The van der Waals surface area contributed by atoms with Crippen LogP contribution >= 0.6 is 0 Å². The predicted octanol–water partition coefficient (Wildman–Crippen LogP) is 6.81. The summed E-state index contributed by atoms with van der Waals surface area (Å²) in [7, 11) is 2.01. The van der Waals surface area contributed by atoms with Gasteiger partial charge in [-0.15, -0.1) is 0 Å². The number of ether oxygens (including phenoxy) is 1. The molecule has 0 saturated carbocycles. The van der Waals surface area contributed by atoms with E-state index in [1.165, 1.54) is 18.2 Å². The van der Waals surface area contributed by atoms with Crippen LogP contribution in [0.2, 0.25) is 0 Å². The lowest BCUT2D eigenvalue weighted by Crippen LogP contribution is -2.44. The third-order valence-corrected chi connectivity index (χ3v) is 7.84. The number of likely N-dealkylation sites (N-methyl/N-ethyl adjacent to an activating group) is 1. The van der Waals surface area contributed by atoms with E-state index in [1.54, 1.807) is 24.3 Å². The van der Waals surface area contributed by atoms with E-state index in [9.17, 15) is 18.0 Å². The van der Waals surface area contributed by atoms with E-state index in [4.69, 9.17) is 4.74 Å². The first-order chi connectivity index (χ1) is 20.6. The molecular weight excluding hydrogens is 557 g/mol. The van der Waals surface area contributed by atoms with Crippen molar-refractivity contribution in [1.29, 1.82) is 0 Å². The summed E-state index contributed by atoms with van der Waals surface area (Å²) in [5.41, 5.74) is 1.85. The number of pyridine rings is 1. The van der Waals surface area contributed by atoms with Gasteiger partial charge in [0.25, 0.3) is 0 Å². The number of rotatable bonds is 8. The number of halogens is 3. The van der Waals surface area contributed by atoms with Crippen molar-refractivity contribution in [1.82, 2.24) is 9.88 Å². The van der Waals surface area contributed by atoms with Crippen LogP contribution in [0.1, 0.15) is 30.4 Å². The molecule has 0 atom stereocenters. The Morgan fingerprint density at radius 2 is 1.67 bits per heavy atom. The molecule has 0 bridgehead atoms. The standard InChI is InChI=1S/C32H37F3N6O2/c1-4-30(42)37-27-21-24(10-8-22(27)2)43-31-28(41-14-6-5-7-15-41)12-13-29(38-31)36-26-11-9-23(20-25(26)32(33,34)35)40-18-16-39(3)17-19-40/h4,8-13,20-21H,1,5-7,14-19H2,2-3H3,(H,36,38)(H,37,42). The van der Waals surface area contributed by atoms with Crippen LogP contribution in [0.25, 0.3) is 0 Å². The number of anilines is 5. The number of piperazine rings is 1. The fourth-order valence-corrected chi connectivity index (χ4v) is 5.32. The summed E-state index contributed by atoms with van der Waals surface area (Å²) >= 11 is 0. The van der Waals surface area contributed by atoms with Crippen LogP contribution in [-0.4, -0.2) is 62.1 Å². The molecule has 1 amide bonds. The Hall–Kier alpha value is -4.25. The minimum absolute atomic E-state index is 0.0840. The quantitative estimate of drug-likeness (QED) is 0.278. The number of amides is 1. The molecule has 0 spiro atoms. The molecule has 2 saturated heterocycles. The van der Waals surface area contributed by atoms with Gasteiger partial charge >= 0.3 is 6.18 Å². The van der Waals surface area contributed by atoms with Crippen molar-refractivity contribution in [3.8, 4) is 11.6 Å². The molecule has 0 aliphatic carbocycles. The highest BCUT2D eigenvalue weighted by Crippen LogP contribution is 2.40. The molecule has 2 aromatic carbocycles. The summed E-state index contributed by atoms with van der Waals surface area (Å²) in [6, 6.07) is 13.2. The van der Waals surface area contributed by atoms with Gasteiger partial charge < -0.3 is 30.1 Å². The highest BCUT2D eigenvalue weighted by molar-refractivity contribution is 5.99. The number of nitrogens with one attached hydrogen (secondary N) is 2. The number of hydrogen-bond donors (Lipinski definition) is 2. The molecule has 43 heavy (non-hydrogen) atoms. The summed E-state index contributed by atoms with van der Waals surface area (Å²) in [6.07, 6.45) is -0.196. The molecule has 8 nitrogen and oxygen atoms in total. The molecule has 0 radical (unpaired) electrons. The zero-order valence-corrected chi connectivity index (χ0v) is 24.5. The Kier molecular flexibility index (Phi) is 9.10. The maximum atomic E-state index is 14.3. The number of piperidine rings is 1. The van der Waals surface area contributed by atoms with Gasteiger partial charge in [0.05, 0.1) is 11.3 Å². The normalized spacial score (nSPS) is 16.1. The van der Waals surface area contributed by atoms with Gasteiger partial charge in [0.1, 0.15) is 17.3 Å². The molecule has 2 fully saturated rings. The summed E-state index contributed by atoms with van der Waals surface area (Å²) in [6.45, 7) is 9.92. The average molecular weight is 595 g/mol. The van der Waals surface area contributed by atoms with Crippen molar-refractivity contribution in [2.24, 2.45) is 0 Å². The minimum Gasteiger partial charge on any atom is -0.437 e. The van der Waals surface area contributed by atoms with Crippen molar-refractivity contribution in [3.05, 3.63) is 72.3 Å². The number of alkyl halides is 3. The van der Waals surface area contributed by atoms with Gasteiger partial charge in [-0.2, -0.15) is 18.2 Å². The lowest BCUT2D eigenvalue weighted by atomic mass is 10.1. The predicted molar refractivity (Wildman–Crippen MR) is 165 cm³/mol. The molecule has 2 aliphatic rings. The molecule has 5 rings (SSSR count). The van der Waals surface area contributed by atoms with Gasteiger partial charge in [-0.25, -0.2) is 0 Å². The number of hydrogen-bond acceptors (Lipinski definition) is 7. The topological polar surface area (TPSA) is 73.0 Å². The Morgan fingerprint density at radius 3 is 2.37 bits per heavy atom. The van der Waals surface area contributed by atoms with Gasteiger partial charge in [0.2, 0.25) is 11.8 Å². The molecule has 2 N–H and O–H groups in total. The monoisotopic (exact) mass is 594 g/mol. The largest absolute Gasteiger partial charge is 0.437 e. The number of aromatic nitrogens is 1. The van der Waals surface area contributed by atoms with E-state index in [0.717, 1.165) is 56.7 Å². The first kappa shape index (κ1) is 30.2. The second-order valence-electron chi connectivity index (χ2n) is 11.0. The Morgan fingerprint density at radius 1 is 0.930 bits per heavy atom. The van der Waals surface area contributed by atoms with Crippen molar-refractivity contribution in [2.45, 2.75) is 32.4 Å². The molecule has 228 valence electrons. The van der Waals surface area contributed by atoms with Gasteiger partial charge in [-0.3, -0.25) is 4.79 Å². The van der Waals surface area contributed by atoms with Gasteiger partial charge in [0, 0.05) is 56.7 Å². The van der Waals surface area contributed by atoms with E-state index in [1.807, 2.05) is 31.0 Å². The fourth-order valence-electron chi connectivity index (χ4n) is 5.32. The second kappa shape index (κ2) is 12.9. The van der Waals surface area contributed by atoms with Crippen LogP contribution in [0.4, 0.5) is 41.7 Å². The smallest absolute Gasteiger partial charge is 0.418 e. The average Bonchev–Trinajstić information content (AvgIpc) is 2.99. The number of carbonyl (C=O) groups excluding carboxylic acids is 1. The lowest BCUT2D eigenvalue weighted by Gasteiger charge is -2.34. The van der Waals surface area contributed by atoms with Gasteiger partial charge in [0.15, 0.2) is 0 Å². The van der Waals surface area contributed by atoms with Crippen LogP contribution < -0.4 is 25.2 Å². The number of carbonyl (C=O) groups is 1. The molecule has 3 heterocycles. The molecule has 1 aromatic heterocycles. The number of aryl methyl sites for hydroxylation is 1. The maximum Gasteiger partial charge on any atom is 0.418 e. The van der Waals surface area contributed by atoms with Gasteiger partial charge in [-0.1, -0.05) is 12.6 Å². The van der Waals surface area contributed by atoms with Crippen molar-refractivity contribution < 1.29 is 22.7 Å². The Labute approximate surface area is 250 Å². The highest BCUT2D eigenvalue weighted by atomic mass is 19.4. The SMILES string of the molecule is C=CC(=O)Nc1cc(Oc2nc(Nc3ccc(N4CCN(C)CC4)cc3C(F)(F)F)ccc2N2CCCCC2)ccc1C. The van der Waals surface area contributed by atoms with E-state index < -0.39 is 11.7 Å². The minimum atomic E-state index is -4.56. The summed E-state index contributed by atoms with van der Waals surface area (Å²) in [5, 5.41) is 5.67. The molecule has 0 unspecified atom stereocenters. The Balaban J connectivity index is 1.46. The first-order valence-electron chi connectivity index (χ1n) is 14.5.